The molecule has 0 saturated carbocycles. The smallest absolute Gasteiger partial charge is 0.329 e. The summed E-state index contributed by atoms with van der Waals surface area (Å²) in [4.78, 5) is 26.3. The van der Waals surface area contributed by atoms with Crippen LogP contribution in [0.1, 0.15) is 28.8 Å². The Morgan fingerprint density at radius 1 is 0.756 bits per heavy atom. The summed E-state index contributed by atoms with van der Waals surface area (Å²) in [6.45, 7) is 1.82. The fourth-order valence-corrected chi connectivity index (χ4v) is 5.07. The van der Waals surface area contributed by atoms with Crippen LogP contribution in [0.2, 0.25) is 0 Å². The van der Waals surface area contributed by atoms with Crippen LogP contribution in [0.4, 0.5) is 15.3 Å². The molecule has 0 saturated heterocycles. The summed E-state index contributed by atoms with van der Waals surface area (Å²) in [7, 11) is -2.71. The van der Waals surface area contributed by atoms with Crippen LogP contribution in [-0.2, 0) is 10.0 Å². The van der Waals surface area contributed by atoms with E-state index in [1.807, 2.05) is 6.92 Å². The normalized spacial score (nSPS) is 12.4. The minimum absolute atomic E-state index is 0.0651. The Hall–Kier alpha value is -5.03. The molecule has 0 heterocycles. The predicted octanol–water partition coefficient (Wildman–Crippen LogP) is 5.00. The van der Waals surface area contributed by atoms with E-state index in [2.05, 4.69) is 20.7 Å². The van der Waals surface area contributed by atoms with E-state index in [4.69, 9.17) is 4.74 Å². The second-order valence-electron chi connectivity index (χ2n) is 9.15. The van der Waals surface area contributed by atoms with Gasteiger partial charge in [-0.3, -0.25) is 0 Å². The number of aryl methyl sites for hydroxylation is 1. The quantitative estimate of drug-likeness (QED) is 0.178. The highest BCUT2D eigenvalue weighted by Gasteiger charge is 2.30. The van der Waals surface area contributed by atoms with Gasteiger partial charge in [0.2, 0.25) is 0 Å². The lowest BCUT2D eigenvalue weighted by molar-refractivity contribution is 0.232. The summed E-state index contributed by atoms with van der Waals surface area (Å²) >= 11 is 0. The molecule has 0 radical (unpaired) electrons. The van der Waals surface area contributed by atoms with Gasteiger partial charge < -0.3 is 25.8 Å². The van der Waals surface area contributed by atoms with Gasteiger partial charge in [0, 0.05) is 6.07 Å². The molecule has 2 atom stereocenters. The van der Waals surface area contributed by atoms with Crippen molar-refractivity contribution in [3.63, 3.8) is 0 Å². The van der Waals surface area contributed by atoms with Crippen molar-refractivity contribution in [2.75, 3.05) is 12.4 Å². The van der Waals surface area contributed by atoms with Crippen molar-refractivity contribution in [3.05, 3.63) is 120 Å². The Bertz CT molecular complexity index is 1600. The maximum absolute atomic E-state index is 13.2. The largest absolute Gasteiger partial charge is 0.506 e. The van der Waals surface area contributed by atoms with Crippen LogP contribution in [0, 0.1) is 6.92 Å². The second-order valence-corrected chi connectivity index (χ2v) is 10.8. The van der Waals surface area contributed by atoms with Crippen LogP contribution in [0.15, 0.2) is 108 Å². The Labute approximate surface area is 238 Å². The number of phenolic OH excluding ortho intramolecular Hbond substituents is 1. The molecule has 212 valence electrons. The van der Waals surface area contributed by atoms with Crippen LogP contribution in [-0.4, -0.2) is 32.7 Å². The number of urea groups is 2. The highest BCUT2D eigenvalue weighted by Crippen LogP contribution is 2.31. The molecule has 0 unspecified atom stereocenters. The van der Waals surface area contributed by atoms with E-state index in [0.29, 0.717) is 16.9 Å². The van der Waals surface area contributed by atoms with E-state index >= 15 is 0 Å². The van der Waals surface area contributed by atoms with E-state index in [1.54, 1.807) is 78.9 Å². The number of sulfonamides is 1. The molecular formula is C30H30N4O6S. The molecule has 10 nitrogen and oxygen atoms in total. The molecule has 4 amide bonds. The molecule has 0 aliphatic heterocycles. The van der Waals surface area contributed by atoms with Gasteiger partial charge in [0.1, 0.15) is 11.5 Å². The number of hydrogen-bond acceptors (Lipinski definition) is 6. The average Bonchev–Trinajstić information content (AvgIpc) is 2.97. The summed E-state index contributed by atoms with van der Waals surface area (Å²) in [5, 5.41) is 18.4. The SMILES string of the molecule is COc1ccc(O)c(NC(=O)N[C@@H](c2ccccc2)[C@@H](NC(=O)NS(=O)(=O)c2ccc(C)cc2)c2ccccc2)c1. The van der Waals surface area contributed by atoms with Gasteiger partial charge >= 0.3 is 12.1 Å². The number of carbonyl (C=O) groups excluding carboxylic acids is 2. The molecule has 4 rings (SSSR count). The summed E-state index contributed by atoms with van der Waals surface area (Å²) in [6.07, 6.45) is 0. The number of carbonyl (C=O) groups is 2. The minimum Gasteiger partial charge on any atom is -0.506 e. The third-order valence-electron chi connectivity index (χ3n) is 6.23. The lowest BCUT2D eigenvalue weighted by atomic mass is 9.93. The number of nitrogens with one attached hydrogen (secondary N) is 4. The highest BCUT2D eigenvalue weighted by molar-refractivity contribution is 7.90. The van der Waals surface area contributed by atoms with E-state index in [0.717, 1.165) is 5.56 Å². The topological polar surface area (TPSA) is 146 Å². The number of benzene rings is 4. The second kappa shape index (κ2) is 12.9. The maximum Gasteiger partial charge on any atom is 0.329 e. The zero-order valence-corrected chi connectivity index (χ0v) is 23.2. The van der Waals surface area contributed by atoms with E-state index in [1.165, 1.54) is 31.4 Å². The number of aromatic hydroxyl groups is 1. The fraction of sp³-hybridized carbons (Fsp3) is 0.133. The van der Waals surface area contributed by atoms with Crippen molar-refractivity contribution in [3.8, 4) is 11.5 Å². The van der Waals surface area contributed by atoms with Gasteiger partial charge in [0.25, 0.3) is 10.0 Å². The first-order valence-electron chi connectivity index (χ1n) is 12.6. The number of hydrogen-bond donors (Lipinski definition) is 5. The monoisotopic (exact) mass is 574 g/mol. The van der Waals surface area contributed by atoms with Crippen molar-refractivity contribution in [1.82, 2.24) is 15.4 Å². The molecule has 4 aromatic rings. The van der Waals surface area contributed by atoms with Crippen molar-refractivity contribution in [2.24, 2.45) is 0 Å². The third-order valence-corrected chi connectivity index (χ3v) is 7.58. The van der Waals surface area contributed by atoms with Crippen LogP contribution >= 0.6 is 0 Å². The first-order chi connectivity index (χ1) is 19.7. The van der Waals surface area contributed by atoms with Crippen LogP contribution in [0.25, 0.3) is 0 Å². The van der Waals surface area contributed by atoms with Gasteiger partial charge in [0.15, 0.2) is 0 Å². The van der Waals surface area contributed by atoms with Gasteiger partial charge in [-0.15, -0.1) is 0 Å². The molecule has 0 aliphatic carbocycles. The van der Waals surface area contributed by atoms with Crippen molar-refractivity contribution in [2.45, 2.75) is 23.9 Å². The summed E-state index contributed by atoms with van der Waals surface area (Å²) < 4.78 is 33.0. The van der Waals surface area contributed by atoms with E-state index in [9.17, 15) is 23.1 Å². The Balaban J connectivity index is 1.64. The molecule has 0 aromatic heterocycles. The van der Waals surface area contributed by atoms with Crippen LogP contribution in [0.3, 0.4) is 0 Å². The molecular weight excluding hydrogens is 544 g/mol. The number of methoxy groups -OCH3 is 1. The number of anilines is 1. The summed E-state index contributed by atoms with van der Waals surface area (Å²) in [5.41, 5.74) is 2.22. The molecule has 0 bridgehead atoms. The Morgan fingerprint density at radius 3 is 1.83 bits per heavy atom. The lowest BCUT2D eigenvalue weighted by Crippen LogP contribution is -2.46. The standard InChI is InChI=1S/C30H30N4O6S/c1-20-13-16-24(17-14-20)41(38,39)34-30(37)33-28(22-11-7-4-8-12-22)27(21-9-5-3-6-10-21)32-29(36)31-25-19-23(40-2)15-18-26(25)35/h3-19,27-28,35H,1-2H3,(H2,31,32,36)(H2,33,34,37)/t27-,28-/m0/s1. The zero-order chi connectivity index (χ0) is 29.4. The summed E-state index contributed by atoms with van der Waals surface area (Å²) in [6, 6.07) is 24.8. The van der Waals surface area contributed by atoms with Gasteiger partial charge in [-0.25, -0.2) is 22.7 Å². The Kier molecular flexibility index (Phi) is 9.10. The number of amides is 4. The highest BCUT2D eigenvalue weighted by atomic mass is 32.2. The Morgan fingerprint density at radius 2 is 1.29 bits per heavy atom. The van der Waals surface area contributed by atoms with E-state index < -0.39 is 34.2 Å². The molecule has 4 aromatic carbocycles. The third kappa shape index (κ3) is 7.55. The molecule has 0 fully saturated rings. The summed E-state index contributed by atoms with van der Waals surface area (Å²) in [5.74, 6) is 0.253. The molecule has 0 spiro atoms. The number of ether oxygens (including phenoxy) is 1. The van der Waals surface area contributed by atoms with Crippen LogP contribution in [0.5, 0.6) is 11.5 Å². The van der Waals surface area contributed by atoms with Gasteiger partial charge in [-0.1, -0.05) is 78.4 Å². The lowest BCUT2D eigenvalue weighted by Gasteiger charge is -2.30. The number of rotatable bonds is 9. The first kappa shape index (κ1) is 29.0. The first-order valence-corrected chi connectivity index (χ1v) is 14.1. The molecule has 5 N–H and O–H groups in total. The fourth-order valence-electron chi connectivity index (χ4n) is 4.15. The predicted molar refractivity (Wildman–Crippen MR) is 155 cm³/mol. The average molecular weight is 575 g/mol. The van der Waals surface area contributed by atoms with E-state index in [-0.39, 0.29) is 16.3 Å². The molecule has 41 heavy (non-hydrogen) atoms. The van der Waals surface area contributed by atoms with Crippen molar-refractivity contribution in [1.29, 1.82) is 0 Å². The zero-order valence-electron chi connectivity index (χ0n) is 22.4. The van der Waals surface area contributed by atoms with Gasteiger partial charge in [0.05, 0.1) is 29.8 Å². The molecule has 0 aliphatic rings. The van der Waals surface area contributed by atoms with Crippen molar-refractivity contribution < 1.29 is 27.9 Å². The minimum atomic E-state index is -4.17. The van der Waals surface area contributed by atoms with Gasteiger partial charge in [-0.05, 0) is 42.3 Å². The molecule has 11 heteroatoms. The number of phenols is 1. The van der Waals surface area contributed by atoms with Gasteiger partial charge in [-0.2, -0.15) is 0 Å². The van der Waals surface area contributed by atoms with Crippen molar-refractivity contribution >= 4 is 27.8 Å². The maximum atomic E-state index is 13.2. The van der Waals surface area contributed by atoms with Crippen LogP contribution < -0.4 is 25.4 Å².